The monoisotopic (exact) mass is 332 g/mol. The van der Waals surface area contributed by atoms with E-state index < -0.39 is 5.97 Å². The lowest BCUT2D eigenvalue weighted by atomic mass is 10.2. The van der Waals surface area contributed by atoms with Gasteiger partial charge in [0.2, 0.25) is 0 Å². The molecular weight excluding hydrogens is 323 g/mol. The number of carbonyl (C=O) groups excluding carboxylic acids is 1. The van der Waals surface area contributed by atoms with E-state index >= 15 is 0 Å². The number of aromatic nitrogens is 2. The van der Waals surface area contributed by atoms with Gasteiger partial charge in [0.15, 0.2) is 0 Å². The number of nitrogens with zero attached hydrogens (tertiary/aromatic N) is 2. The van der Waals surface area contributed by atoms with Crippen LogP contribution in [0.15, 0.2) is 27.8 Å². The summed E-state index contributed by atoms with van der Waals surface area (Å²) in [6.07, 6.45) is 0. The Labute approximate surface area is 129 Å². The van der Waals surface area contributed by atoms with Gasteiger partial charge < -0.3 is 9.15 Å². The number of hydrogen-bond donors (Lipinski definition) is 0. The number of benzene rings is 1. The van der Waals surface area contributed by atoms with Crippen molar-refractivity contribution in [3.05, 3.63) is 39.7 Å². The smallest absolute Gasteiger partial charge is 0.396 e. The van der Waals surface area contributed by atoms with Crippen molar-refractivity contribution in [2.45, 2.75) is 17.9 Å². The van der Waals surface area contributed by atoms with Crippen molar-refractivity contribution < 1.29 is 13.9 Å². The Bertz CT molecular complexity index is 618. The standard InChI is InChI=1S/C12H10Cl2N2O3S/c1-2-18-11(17)10-15-16-12(19-10)20-6-7-3-4-8(13)5-9(7)14/h3-5H,2,6H2,1H3. The van der Waals surface area contributed by atoms with E-state index in [2.05, 4.69) is 10.2 Å². The molecule has 1 heterocycles. The van der Waals surface area contributed by atoms with E-state index in [1.807, 2.05) is 6.07 Å². The van der Waals surface area contributed by atoms with Crippen molar-refractivity contribution in [2.24, 2.45) is 0 Å². The molecule has 0 amide bonds. The summed E-state index contributed by atoms with van der Waals surface area (Å²) in [6, 6.07) is 5.23. The van der Waals surface area contributed by atoms with Crippen LogP contribution in [0.3, 0.4) is 0 Å². The summed E-state index contributed by atoms with van der Waals surface area (Å²) in [5, 5.41) is 8.79. The van der Waals surface area contributed by atoms with E-state index in [0.717, 1.165) is 5.56 Å². The largest absolute Gasteiger partial charge is 0.459 e. The minimum absolute atomic E-state index is 0.156. The Morgan fingerprint density at radius 1 is 1.40 bits per heavy atom. The molecule has 20 heavy (non-hydrogen) atoms. The lowest BCUT2D eigenvalue weighted by molar-refractivity contribution is 0.0475. The zero-order valence-corrected chi connectivity index (χ0v) is 12.8. The van der Waals surface area contributed by atoms with Crippen molar-refractivity contribution >= 4 is 40.9 Å². The summed E-state index contributed by atoms with van der Waals surface area (Å²) in [5.41, 5.74) is 0.886. The SMILES string of the molecule is CCOC(=O)c1nnc(SCc2ccc(Cl)cc2Cl)o1. The molecule has 0 aliphatic carbocycles. The highest BCUT2D eigenvalue weighted by atomic mass is 35.5. The quantitative estimate of drug-likeness (QED) is 0.612. The van der Waals surface area contributed by atoms with Crippen molar-refractivity contribution in [3.63, 3.8) is 0 Å². The predicted molar refractivity (Wildman–Crippen MR) is 76.3 cm³/mol. The van der Waals surface area contributed by atoms with Gasteiger partial charge >= 0.3 is 11.9 Å². The number of hydrogen-bond acceptors (Lipinski definition) is 6. The van der Waals surface area contributed by atoms with Crippen LogP contribution in [0.2, 0.25) is 10.0 Å². The zero-order chi connectivity index (χ0) is 14.5. The highest BCUT2D eigenvalue weighted by Crippen LogP contribution is 2.27. The second-order valence-electron chi connectivity index (χ2n) is 3.62. The van der Waals surface area contributed by atoms with Gasteiger partial charge in [0.05, 0.1) is 6.61 Å². The third kappa shape index (κ3) is 3.88. The molecule has 1 aromatic heterocycles. The number of thioether (sulfide) groups is 1. The highest BCUT2D eigenvalue weighted by Gasteiger charge is 2.16. The van der Waals surface area contributed by atoms with E-state index in [4.69, 9.17) is 32.4 Å². The van der Waals surface area contributed by atoms with Gasteiger partial charge in [0, 0.05) is 15.8 Å². The van der Waals surface area contributed by atoms with E-state index in [9.17, 15) is 4.79 Å². The molecule has 0 spiro atoms. The van der Waals surface area contributed by atoms with Gasteiger partial charge in [-0.2, -0.15) is 0 Å². The molecule has 2 aromatic rings. The van der Waals surface area contributed by atoms with Crippen LogP contribution in [-0.2, 0) is 10.5 Å². The van der Waals surface area contributed by atoms with Gasteiger partial charge in [-0.3, -0.25) is 0 Å². The van der Waals surface area contributed by atoms with Crippen LogP contribution >= 0.6 is 35.0 Å². The number of esters is 1. The molecule has 0 aliphatic rings. The zero-order valence-electron chi connectivity index (χ0n) is 10.4. The molecule has 0 saturated heterocycles. The maximum absolute atomic E-state index is 11.4. The van der Waals surface area contributed by atoms with Crippen molar-refractivity contribution in [2.75, 3.05) is 6.61 Å². The van der Waals surface area contributed by atoms with Crippen LogP contribution in [-0.4, -0.2) is 22.8 Å². The summed E-state index contributed by atoms with van der Waals surface area (Å²) >= 11 is 13.1. The third-order valence-electron chi connectivity index (χ3n) is 2.22. The molecule has 0 bridgehead atoms. The molecule has 2 rings (SSSR count). The fourth-order valence-electron chi connectivity index (χ4n) is 1.32. The van der Waals surface area contributed by atoms with Crippen molar-refractivity contribution in [1.82, 2.24) is 10.2 Å². The Kier molecular flexibility index (Phi) is 5.28. The first-order chi connectivity index (χ1) is 9.60. The number of carbonyl (C=O) groups is 1. The normalized spacial score (nSPS) is 10.6. The fraction of sp³-hybridized carbons (Fsp3) is 0.250. The predicted octanol–water partition coefficient (Wildman–Crippen LogP) is 3.85. The summed E-state index contributed by atoms with van der Waals surface area (Å²) in [5.74, 6) is -0.256. The summed E-state index contributed by atoms with van der Waals surface area (Å²) in [4.78, 5) is 11.4. The average molecular weight is 333 g/mol. The van der Waals surface area contributed by atoms with E-state index in [0.29, 0.717) is 15.8 Å². The van der Waals surface area contributed by atoms with Gasteiger partial charge in [-0.05, 0) is 24.6 Å². The Balaban J connectivity index is 1.99. The van der Waals surface area contributed by atoms with Gasteiger partial charge in [0.25, 0.3) is 5.22 Å². The minimum Gasteiger partial charge on any atom is -0.459 e. The molecule has 1 aromatic carbocycles. The van der Waals surface area contributed by atoms with Crippen LogP contribution in [0.25, 0.3) is 0 Å². The van der Waals surface area contributed by atoms with Crippen LogP contribution < -0.4 is 0 Å². The molecule has 0 N–H and O–H groups in total. The van der Waals surface area contributed by atoms with E-state index in [1.165, 1.54) is 11.8 Å². The molecule has 0 fully saturated rings. The molecule has 0 atom stereocenters. The van der Waals surface area contributed by atoms with Crippen molar-refractivity contribution in [1.29, 1.82) is 0 Å². The number of ether oxygens (including phenoxy) is 1. The fourth-order valence-corrected chi connectivity index (χ4v) is 2.64. The number of rotatable bonds is 5. The lowest BCUT2D eigenvalue weighted by Gasteiger charge is -2.02. The van der Waals surface area contributed by atoms with Gasteiger partial charge in [-0.1, -0.05) is 46.1 Å². The molecule has 5 nitrogen and oxygen atoms in total. The second kappa shape index (κ2) is 6.97. The summed E-state index contributed by atoms with van der Waals surface area (Å²) < 4.78 is 9.94. The van der Waals surface area contributed by atoms with Gasteiger partial charge in [-0.25, -0.2) is 4.79 Å². The Hall–Kier alpha value is -1.24. The molecule has 8 heteroatoms. The summed E-state index contributed by atoms with van der Waals surface area (Å²) in [6.45, 7) is 1.95. The van der Waals surface area contributed by atoms with E-state index in [1.54, 1.807) is 19.1 Å². The highest BCUT2D eigenvalue weighted by molar-refractivity contribution is 7.98. The topological polar surface area (TPSA) is 65.2 Å². The molecule has 106 valence electrons. The van der Waals surface area contributed by atoms with Crippen LogP contribution in [0.4, 0.5) is 0 Å². The number of halogens is 2. The van der Waals surface area contributed by atoms with Gasteiger partial charge in [-0.15, -0.1) is 5.10 Å². The minimum atomic E-state index is -0.628. The first-order valence-corrected chi connectivity index (χ1v) is 7.41. The molecule has 0 radical (unpaired) electrons. The first-order valence-electron chi connectivity index (χ1n) is 5.67. The first kappa shape index (κ1) is 15.2. The Morgan fingerprint density at radius 2 is 2.20 bits per heavy atom. The second-order valence-corrected chi connectivity index (χ2v) is 5.39. The van der Waals surface area contributed by atoms with Gasteiger partial charge in [0.1, 0.15) is 0 Å². The Morgan fingerprint density at radius 3 is 2.90 bits per heavy atom. The average Bonchev–Trinajstić information content (AvgIpc) is 2.87. The van der Waals surface area contributed by atoms with Crippen LogP contribution in [0.1, 0.15) is 23.2 Å². The molecule has 0 unspecified atom stereocenters. The van der Waals surface area contributed by atoms with Crippen LogP contribution in [0, 0.1) is 0 Å². The van der Waals surface area contributed by atoms with Crippen LogP contribution in [0.5, 0.6) is 0 Å². The summed E-state index contributed by atoms with van der Waals surface area (Å²) in [7, 11) is 0. The third-order valence-corrected chi connectivity index (χ3v) is 3.68. The molecular formula is C12H10Cl2N2O3S. The maximum Gasteiger partial charge on any atom is 0.396 e. The molecule has 0 aliphatic heterocycles. The lowest BCUT2D eigenvalue weighted by Crippen LogP contribution is -2.04. The van der Waals surface area contributed by atoms with Crippen molar-refractivity contribution in [3.8, 4) is 0 Å². The molecule has 0 saturated carbocycles. The van der Waals surface area contributed by atoms with E-state index in [-0.39, 0.29) is 17.7 Å². The maximum atomic E-state index is 11.4.